The van der Waals surface area contributed by atoms with Crippen molar-refractivity contribution in [3.05, 3.63) is 0 Å². The van der Waals surface area contributed by atoms with Gasteiger partial charge in [0.05, 0.1) is 26.4 Å². The molecular formula is C68H132O17P2. The highest BCUT2D eigenvalue weighted by Gasteiger charge is 2.30. The van der Waals surface area contributed by atoms with Crippen molar-refractivity contribution in [2.45, 2.75) is 350 Å². The molecule has 0 aromatic carbocycles. The minimum Gasteiger partial charge on any atom is -0.462 e. The zero-order valence-electron chi connectivity index (χ0n) is 56.6. The fourth-order valence-corrected chi connectivity index (χ4v) is 11.7. The van der Waals surface area contributed by atoms with Gasteiger partial charge in [-0.1, -0.05) is 280 Å². The number of hydrogen-bond acceptors (Lipinski definition) is 15. The maximum atomic E-state index is 13.0. The monoisotopic (exact) mass is 1280 g/mol. The van der Waals surface area contributed by atoms with Crippen LogP contribution in [0.3, 0.4) is 0 Å². The van der Waals surface area contributed by atoms with Gasteiger partial charge in [0.1, 0.15) is 19.3 Å². The van der Waals surface area contributed by atoms with Crippen LogP contribution in [0.5, 0.6) is 0 Å². The van der Waals surface area contributed by atoms with E-state index in [2.05, 4.69) is 55.4 Å². The first kappa shape index (κ1) is 85.1. The van der Waals surface area contributed by atoms with Crippen LogP contribution in [0.25, 0.3) is 0 Å². The van der Waals surface area contributed by atoms with E-state index in [0.717, 1.165) is 120 Å². The number of esters is 4. The molecule has 0 spiro atoms. The lowest BCUT2D eigenvalue weighted by molar-refractivity contribution is -0.161. The van der Waals surface area contributed by atoms with Gasteiger partial charge in [0.2, 0.25) is 0 Å². The van der Waals surface area contributed by atoms with E-state index in [0.29, 0.717) is 25.7 Å². The topological polar surface area (TPSA) is 237 Å². The highest BCUT2D eigenvalue weighted by atomic mass is 31.2. The van der Waals surface area contributed by atoms with Gasteiger partial charge in [-0.25, -0.2) is 9.13 Å². The van der Waals surface area contributed by atoms with Crippen molar-refractivity contribution in [1.82, 2.24) is 0 Å². The van der Waals surface area contributed by atoms with Crippen molar-refractivity contribution in [3.63, 3.8) is 0 Å². The number of phosphoric ester groups is 2. The van der Waals surface area contributed by atoms with Crippen molar-refractivity contribution < 1.29 is 80.2 Å². The third kappa shape index (κ3) is 60.1. The fourth-order valence-electron chi connectivity index (χ4n) is 10.1. The Bertz CT molecular complexity index is 1730. The summed E-state index contributed by atoms with van der Waals surface area (Å²) in [6, 6.07) is 0. The number of carbonyl (C=O) groups excluding carboxylic acids is 4. The maximum Gasteiger partial charge on any atom is 0.472 e. The Balaban J connectivity index is 5.27. The van der Waals surface area contributed by atoms with Gasteiger partial charge < -0.3 is 33.8 Å². The van der Waals surface area contributed by atoms with Gasteiger partial charge in [0, 0.05) is 25.7 Å². The highest BCUT2D eigenvalue weighted by Crippen LogP contribution is 2.45. The normalized spacial score (nSPS) is 15.0. The van der Waals surface area contributed by atoms with Crippen LogP contribution in [0.4, 0.5) is 0 Å². The summed E-state index contributed by atoms with van der Waals surface area (Å²) in [6.45, 7) is 14.1. The molecule has 0 aliphatic rings. The standard InChI is InChI=1S/C68H132O17P2/c1-9-60(7)46-38-30-22-18-19-25-35-43-51-68(73)85-64(55-79-66(71)49-41-33-27-26-31-39-47-61(8)10-2)57-83-87(76,77)81-53-62(69)52-80-86(74,75)82-56-63(84-67(72)50-42-34-24-17-13-15-21-29-37-45-59(5)6)54-78-65(70)48-40-32-23-16-12-11-14-20-28-36-44-58(3)4/h58-64,69H,9-57H2,1-8H3,(H,74,75)(H,76,77)/t60?,61?,62-,63-,64-/m1/s1. The smallest absolute Gasteiger partial charge is 0.462 e. The summed E-state index contributed by atoms with van der Waals surface area (Å²) in [5.74, 6) is 0.861. The molecule has 0 saturated carbocycles. The summed E-state index contributed by atoms with van der Waals surface area (Å²) in [4.78, 5) is 72.4. The third-order valence-corrected chi connectivity index (χ3v) is 18.2. The molecule has 17 nitrogen and oxygen atoms in total. The van der Waals surface area contributed by atoms with Crippen LogP contribution >= 0.6 is 15.6 Å². The number of ether oxygens (including phenoxy) is 4. The predicted octanol–water partition coefficient (Wildman–Crippen LogP) is 18.9. The van der Waals surface area contributed by atoms with Gasteiger partial charge >= 0.3 is 39.5 Å². The number of rotatable bonds is 65. The summed E-state index contributed by atoms with van der Waals surface area (Å²) in [5, 5.41) is 10.6. The fraction of sp³-hybridized carbons (Fsp3) is 0.941. The van der Waals surface area contributed by atoms with Gasteiger partial charge in [-0.15, -0.1) is 0 Å². The Morgan fingerprint density at radius 2 is 0.552 bits per heavy atom. The lowest BCUT2D eigenvalue weighted by Gasteiger charge is -2.21. The molecule has 4 unspecified atom stereocenters. The second-order valence-electron chi connectivity index (χ2n) is 26.0. The van der Waals surface area contributed by atoms with Crippen LogP contribution in [0.15, 0.2) is 0 Å². The Morgan fingerprint density at radius 3 is 0.816 bits per heavy atom. The molecule has 0 rings (SSSR count). The third-order valence-electron chi connectivity index (χ3n) is 16.3. The Labute approximate surface area is 530 Å². The number of aliphatic hydroxyl groups excluding tert-OH is 1. The van der Waals surface area contributed by atoms with Crippen molar-refractivity contribution in [2.75, 3.05) is 39.6 Å². The van der Waals surface area contributed by atoms with Gasteiger partial charge in [0.15, 0.2) is 12.2 Å². The largest absolute Gasteiger partial charge is 0.472 e. The molecule has 0 aliphatic carbocycles. The predicted molar refractivity (Wildman–Crippen MR) is 349 cm³/mol. The van der Waals surface area contributed by atoms with E-state index in [1.54, 1.807) is 0 Å². The van der Waals surface area contributed by atoms with Crippen LogP contribution in [0, 0.1) is 23.7 Å². The molecule has 0 aromatic heterocycles. The number of unbranched alkanes of at least 4 members (excludes halogenated alkanes) is 29. The second kappa shape index (κ2) is 57.9. The molecule has 87 heavy (non-hydrogen) atoms. The van der Waals surface area contributed by atoms with E-state index in [4.69, 9.17) is 37.0 Å². The Morgan fingerprint density at radius 1 is 0.322 bits per heavy atom. The molecule has 516 valence electrons. The van der Waals surface area contributed by atoms with E-state index in [-0.39, 0.29) is 25.7 Å². The molecule has 0 heterocycles. The molecule has 3 N–H and O–H groups in total. The zero-order valence-corrected chi connectivity index (χ0v) is 58.4. The molecule has 0 amide bonds. The lowest BCUT2D eigenvalue weighted by atomic mass is 9.99. The van der Waals surface area contributed by atoms with Crippen molar-refractivity contribution in [2.24, 2.45) is 23.7 Å². The number of aliphatic hydroxyl groups is 1. The number of hydrogen-bond donors (Lipinski definition) is 3. The average Bonchev–Trinajstić information content (AvgIpc) is 3.68. The summed E-state index contributed by atoms with van der Waals surface area (Å²) in [6.07, 6.45) is 38.9. The Hall–Kier alpha value is -1.94. The molecule has 0 saturated heterocycles. The quantitative estimate of drug-likeness (QED) is 0.0222. The number of carbonyl (C=O) groups is 4. The van der Waals surface area contributed by atoms with E-state index in [1.807, 2.05) is 0 Å². The summed E-state index contributed by atoms with van der Waals surface area (Å²) >= 11 is 0. The van der Waals surface area contributed by atoms with Gasteiger partial charge in [-0.2, -0.15) is 0 Å². The first-order chi connectivity index (χ1) is 41.7. The molecule has 0 radical (unpaired) electrons. The van der Waals surface area contributed by atoms with Crippen molar-refractivity contribution in [1.29, 1.82) is 0 Å². The Kier molecular flexibility index (Phi) is 56.6. The average molecular weight is 1280 g/mol. The van der Waals surface area contributed by atoms with E-state index < -0.39 is 97.5 Å². The lowest BCUT2D eigenvalue weighted by Crippen LogP contribution is -2.30. The maximum absolute atomic E-state index is 13.0. The first-order valence-corrected chi connectivity index (χ1v) is 38.3. The summed E-state index contributed by atoms with van der Waals surface area (Å²) in [7, 11) is -9.90. The summed E-state index contributed by atoms with van der Waals surface area (Å²) in [5.41, 5.74) is 0. The van der Waals surface area contributed by atoms with E-state index >= 15 is 0 Å². The molecule has 0 fully saturated rings. The molecular weight excluding hydrogens is 1150 g/mol. The van der Waals surface area contributed by atoms with Gasteiger partial charge in [0.25, 0.3) is 0 Å². The number of phosphoric acid groups is 2. The van der Waals surface area contributed by atoms with Crippen molar-refractivity contribution in [3.8, 4) is 0 Å². The van der Waals surface area contributed by atoms with E-state index in [1.165, 1.54) is 128 Å². The molecule has 7 atom stereocenters. The van der Waals surface area contributed by atoms with Crippen LogP contribution in [-0.4, -0.2) is 96.7 Å². The zero-order chi connectivity index (χ0) is 64.7. The molecule has 0 aromatic rings. The van der Waals surface area contributed by atoms with Gasteiger partial charge in [-0.05, 0) is 49.4 Å². The van der Waals surface area contributed by atoms with Crippen LogP contribution in [-0.2, 0) is 65.4 Å². The molecule has 0 bridgehead atoms. The SMILES string of the molecule is CCC(C)CCCCCCCCCCC(=O)O[C@H](COC(=O)CCCCCCCCC(C)CC)COP(=O)(O)OC[C@H](O)COP(=O)(O)OC[C@@H](COC(=O)CCCCCCCCCCCCC(C)C)OC(=O)CCCCCCCCCCCC(C)C. The summed E-state index contributed by atoms with van der Waals surface area (Å²) < 4.78 is 68.2. The molecule has 19 heteroatoms. The minimum atomic E-state index is -4.95. The van der Waals surface area contributed by atoms with Gasteiger partial charge in [-0.3, -0.25) is 37.3 Å². The van der Waals surface area contributed by atoms with Crippen molar-refractivity contribution >= 4 is 39.5 Å². The van der Waals surface area contributed by atoms with E-state index in [9.17, 15) is 43.2 Å². The highest BCUT2D eigenvalue weighted by molar-refractivity contribution is 7.47. The second-order valence-corrected chi connectivity index (χ2v) is 28.9. The first-order valence-electron chi connectivity index (χ1n) is 35.3. The van der Waals surface area contributed by atoms with Crippen LogP contribution in [0.1, 0.15) is 331 Å². The minimum absolute atomic E-state index is 0.103. The van der Waals surface area contributed by atoms with Crippen LogP contribution < -0.4 is 0 Å². The van der Waals surface area contributed by atoms with Crippen LogP contribution in [0.2, 0.25) is 0 Å². The molecule has 0 aliphatic heterocycles.